The van der Waals surface area contributed by atoms with Crippen LogP contribution in [0.2, 0.25) is 5.02 Å². The maximum absolute atomic E-state index is 12.2. The molecule has 3 aromatic rings. The zero-order chi connectivity index (χ0) is 17.4. The van der Waals surface area contributed by atoms with Crippen LogP contribution in [0.25, 0.3) is 22.6 Å². The Morgan fingerprint density at radius 3 is 2.44 bits per heavy atom. The monoisotopic (exact) mass is 346 g/mol. The molecule has 1 aliphatic rings. The van der Waals surface area contributed by atoms with Crippen LogP contribution in [0.3, 0.4) is 0 Å². The Labute approximate surface area is 151 Å². The molecule has 0 spiro atoms. The number of esters is 1. The topological polar surface area (TPSA) is 26.3 Å². The normalized spacial score (nSPS) is 15.5. The third kappa shape index (κ3) is 3.21. The number of fused-ring (bicyclic) bond motifs is 1. The zero-order valence-electron chi connectivity index (χ0n) is 13.6. The second kappa shape index (κ2) is 6.23. The van der Waals surface area contributed by atoms with Crippen LogP contribution in [-0.2, 0) is 9.53 Å². The van der Waals surface area contributed by atoms with Gasteiger partial charge in [0.15, 0.2) is 0 Å². The van der Waals surface area contributed by atoms with Gasteiger partial charge in [-0.05, 0) is 53.6 Å². The van der Waals surface area contributed by atoms with Gasteiger partial charge in [-0.15, -0.1) is 0 Å². The Morgan fingerprint density at radius 1 is 0.920 bits per heavy atom. The minimum absolute atomic E-state index is 0.339. The summed E-state index contributed by atoms with van der Waals surface area (Å²) in [5, 5.41) is 2.96. The molecule has 0 saturated carbocycles. The summed E-state index contributed by atoms with van der Waals surface area (Å²) in [6.07, 6.45) is 3.59. The molecule has 0 amide bonds. The highest BCUT2D eigenvalue weighted by molar-refractivity contribution is 6.30. The maximum atomic E-state index is 12.2. The first-order valence-corrected chi connectivity index (χ1v) is 8.38. The summed E-state index contributed by atoms with van der Waals surface area (Å²) in [5.41, 5.74) is 3.55. The van der Waals surface area contributed by atoms with Gasteiger partial charge in [0, 0.05) is 10.6 Å². The van der Waals surface area contributed by atoms with E-state index in [0.717, 1.165) is 16.5 Å². The maximum Gasteiger partial charge on any atom is 0.343 e. The number of carbonyl (C=O) groups is 1. The number of hydrogen-bond donors (Lipinski definition) is 0. The van der Waals surface area contributed by atoms with Crippen molar-refractivity contribution >= 4 is 40.2 Å². The van der Waals surface area contributed by atoms with E-state index in [1.807, 2.05) is 30.3 Å². The summed E-state index contributed by atoms with van der Waals surface area (Å²) in [7, 11) is 0. The fraction of sp³-hybridized carbons (Fsp3) is 0.0455. The quantitative estimate of drug-likeness (QED) is 0.434. The van der Waals surface area contributed by atoms with Crippen molar-refractivity contribution in [1.29, 1.82) is 0 Å². The second-order valence-electron chi connectivity index (χ2n) is 6.11. The Morgan fingerprint density at radius 2 is 1.64 bits per heavy atom. The van der Waals surface area contributed by atoms with Crippen LogP contribution in [0, 0.1) is 6.92 Å². The molecular formula is C22H15ClO2. The van der Waals surface area contributed by atoms with E-state index in [-0.39, 0.29) is 5.97 Å². The lowest BCUT2D eigenvalue weighted by Crippen LogP contribution is -1.97. The standard InChI is InChI=1S/C22H15ClO2/c1-14-2-5-17-12-18(7-6-16(17)10-14)21-13-19(22(24)25-21)11-15-3-8-20(23)9-4-15/h2-13H,1H3/b19-11-. The summed E-state index contributed by atoms with van der Waals surface area (Å²) in [6.45, 7) is 2.07. The van der Waals surface area contributed by atoms with E-state index in [2.05, 4.69) is 25.1 Å². The fourth-order valence-corrected chi connectivity index (χ4v) is 3.01. The van der Waals surface area contributed by atoms with E-state index in [1.54, 1.807) is 24.3 Å². The number of hydrogen-bond acceptors (Lipinski definition) is 2. The Kier molecular flexibility index (Phi) is 3.90. The van der Waals surface area contributed by atoms with Gasteiger partial charge in [-0.2, -0.15) is 0 Å². The van der Waals surface area contributed by atoms with Crippen molar-refractivity contribution < 1.29 is 9.53 Å². The van der Waals surface area contributed by atoms with Crippen molar-refractivity contribution in [2.45, 2.75) is 6.92 Å². The highest BCUT2D eigenvalue weighted by Crippen LogP contribution is 2.30. The summed E-state index contributed by atoms with van der Waals surface area (Å²) in [4.78, 5) is 12.2. The van der Waals surface area contributed by atoms with Crippen LogP contribution in [0.5, 0.6) is 0 Å². The molecule has 4 rings (SSSR count). The van der Waals surface area contributed by atoms with Crippen LogP contribution >= 0.6 is 11.6 Å². The summed E-state index contributed by atoms with van der Waals surface area (Å²) >= 11 is 5.89. The minimum atomic E-state index is -0.339. The number of benzene rings is 3. The van der Waals surface area contributed by atoms with Gasteiger partial charge in [-0.1, -0.05) is 59.6 Å². The molecule has 122 valence electrons. The predicted octanol–water partition coefficient (Wildman–Crippen LogP) is 5.78. The first-order chi connectivity index (χ1) is 12.1. The SMILES string of the molecule is Cc1ccc2cc(C3=C/C(=C/c4ccc(Cl)cc4)C(=O)O3)ccc2c1. The van der Waals surface area contributed by atoms with Crippen LogP contribution in [0.1, 0.15) is 16.7 Å². The van der Waals surface area contributed by atoms with Gasteiger partial charge in [-0.25, -0.2) is 4.79 Å². The molecule has 0 unspecified atom stereocenters. The molecule has 0 bridgehead atoms. The molecule has 0 N–H and O–H groups in total. The molecule has 3 aromatic carbocycles. The van der Waals surface area contributed by atoms with Crippen molar-refractivity contribution in [1.82, 2.24) is 0 Å². The predicted molar refractivity (Wildman–Crippen MR) is 102 cm³/mol. The molecule has 3 heteroatoms. The summed E-state index contributed by atoms with van der Waals surface area (Å²) in [6, 6.07) is 19.7. The number of halogens is 1. The minimum Gasteiger partial charge on any atom is -0.422 e. The molecule has 0 radical (unpaired) electrons. The first kappa shape index (κ1) is 15.7. The van der Waals surface area contributed by atoms with Crippen molar-refractivity contribution in [3.63, 3.8) is 0 Å². The van der Waals surface area contributed by atoms with Crippen molar-refractivity contribution in [3.8, 4) is 0 Å². The van der Waals surface area contributed by atoms with Crippen molar-refractivity contribution in [2.75, 3.05) is 0 Å². The van der Waals surface area contributed by atoms with Gasteiger partial charge >= 0.3 is 5.97 Å². The van der Waals surface area contributed by atoms with E-state index in [1.165, 1.54) is 10.9 Å². The third-order valence-corrected chi connectivity index (χ3v) is 4.45. The number of ether oxygens (including phenoxy) is 1. The van der Waals surface area contributed by atoms with Gasteiger partial charge in [0.25, 0.3) is 0 Å². The molecule has 0 saturated heterocycles. The second-order valence-corrected chi connectivity index (χ2v) is 6.55. The largest absolute Gasteiger partial charge is 0.422 e. The van der Waals surface area contributed by atoms with Crippen LogP contribution in [-0.4, -0.2) is 5.97 Å². The smallest absolute Gasteiger partial charge is 0.343 e. The molecule has 1 heterocycles. The number of carbonyl (C=O) groups excluding carboxylic acids is 1. The van der Waals surface area contributed by atoms with Gasteiger partial charge in [0.1, 0.15) is 5.76 Å². The lowest BCUT2D eigenvalue weighted by atomic mass is 10.0. The van der Waals surface area contributed by atoms with Gasteiger partial charge in [-0.3, -0.25) is 0 Å². The van der Waals surface area contributed by atoms with E-state index < -0.39 is 0 Å². The number of cyclic esters (lactones) is 1. The molecule has 0 fully saturated rings. The van der Waals surface area contributed by atoms with Crippen molar-refractivity contribution in [3.05, 3.63) is 94.0 Å². The van der Waals surface area contributed by atoms with Gasteiger partial charge < -0.3 is 4.74 Å². The average molecular weight is 347 g/mol. The highest BCUT2D eigenvalue weighted by atomic mass is 35.5. The van der Waals surface area contributed by atoms with Crippen LogP contribution < -0.4 is 0 Å². The lowest BCUT2D eigenvalue weighted by molar-refractivity contribution is -0.130. The zero-order valence-corrected chi connectivity index (χ0v) is 14.4. The molecule has 2 nitrogen and oxygen atoms in total. The number of rotatable bonds is 2. The Hall–Kier alpha value is -2.84. The molecule has 1 aliphatic heterocycles. The fourth-order valence-electron chi connectivity index (χ4n) is 2.89. The van der Waals surface area contributed by atoms with Gasteiger partial charge in [0.05, 0.1) is 5.57 Å². The molecule has 0 aromatic heterocycles. The van der Waals surface area contributed by atoms with E-state index in [0.29, 0.717) is 16.4 Å². The Bertz CT molecular complexity index is 1040. The lowest BCUT2D eigenvalue weighted by Gasteiger charge is -2.05. The first-order valence-electron chi connectivity index (χ1n) is 8.00. The summed E-state index contributed by atoms with van der Waals surface area (Å²) in [5.74, 6) is 0.238. The van der Waals surface area contributed by atoms with Crippen LogP contribution in [0.15, 0.2) is 72.3 Å². The summed E-state index contributed by atoms with van der Waals surface area (Å²) < 4.78 is 5.46. The molecular weight excluding hydrogens is 332 g/mol. The van der Waals surface area contributed by atoms with Crippen molar-refractivity contribution in [2.24, 2.45) is 0 Å². The molecule has 25 heavy (non-hydrogen) atoms. The van der Waals surface area contributed by atoms with E-state index in [9.17, 15) is 4.79 Å². The van der Waals surface area contributed by atoms with E-state index in [4.69, 9.17) is 16.3 Å². The number of aryl methyl sites for hydroxylation is 1. The van der Waals surface area contributed by atoms with E-state index >= 15 is 0 Å². The van der Waals surface area contributed by atoms with Crippen LogP contribution in [0.4, 0.5) is 0 Å². The highest BCUT2D eigenvalue weighted by Gasteiger charge is 2.22. The third-order valence-electron chi connectivity index (χ3n) is 4.20. The Balaban J connectivity index is 1.70. The average Bonchev–Trinajstić information content (AvgIpc) is 2.97. The molecule has 0 atom stereocenters. The molecule has 0 aliphatic carbocycles. The van der Waals surface area contributed by atoms with Gasteiger partial charge in [0.2, 0.25) is 0 Å².